The standard InChI is InChI=1S/C29H31F3N6O/c1-18-6-7-20(15-22(18)19-8-10-24-23(14-19)27(33)35-17-34-24)28(39)36-25-16-21(29(30,31)32)9-11-26(25)38(4)13-5-12-37(2)3/h6-11,14-17H,5,12-13H2,1-4H3,(H,36,39)(H2,33,34,35). The van der Waals surface area contributed by atoms with Gasteiger partial charge in [-0.25, -0.2) is 9.97 Å². The van der Waals surface area contributed by atoms with Gasteiger partial charge in [0.05, 0.1) is 22.5 Å². The smallest absolute Gasteiger partial charge is 0.383 e. The number of fused-ring (bicyclic) bond motifs is 1. The summed E-state index contributed by atoms with van der Waals surface area (Å²) >= 11 is 0. The molecule has 0 saturated heterocycles. The van der Waals surface area contributed by atoms with E-state index in [2.05, 4.69) is 15.3 Å². The molecule has 1 aromatic heterocycles. The number of hydrogen-bond donors (Lipinski definition) is 2. The molecule has 0 saturated carbocycles. The number of carbonyl (C=O) groups is 1. The molecule has 0 unspecified atom stereocenters. The van der Waals surface area contributed by atoms with Crippen LogP contribution in [0.2, 0.25) is 0 Å². The van der Waals surface area contributed by atoms with Gasteiger partial charge in [-0.1, -0.05) is 12.1 Å². The lowest BCUT2D eigenvalue weighted by Gasteiger charge is -2.24. The average Bonchev–Trinajstić information content (AvgIpc) is 2.88. The van der Waals surface area contributed by atoms with Crippen LogP contribution in [-0.4, -0.2) is 55.0 Å². The van der Waals surface area contributed by atoms with Crippen molar-refractivity contribution in [1.82, 2.24) is 14.9 Å². The fourth-order valence-corrected chi connectivity index (χ4v) is 4.40. The van der Waals surface area contributed by atoms with Crippen molar-refractivity contribution >= 4 is 34.0 Å². The number of halogens is 3. The Morgan fingerprint density at radius 1 is 0.974 bits per heavy atom. The van der Waals surface area contributed by atoms with Gasteiger partial charge < -0.3 is 20.9 Å². The van der Waals surface area contributed by atoms with Crippen molar-refractivity contribution in [3.8, 4) is 11.1 Å². The SMILES string of the molecule is Cc1ccc(C(=O)Nc2cc(C(F)(F)F)ccc2N(C)CCCN(C)C)cc1-c1ccc2ncnc(N)c2c1. The van der Waals surface area contributed by atoms with Crippen LogP contribution in [0.1, 0.15) is 27.9 Å². The van der Waals surface area contributed by atoms with Crippen LogP contribution in [0, 0.1) is 6.92 Å². The fraction of sp³-hybridized carbons (Fsp3) is 0.276. The van der Waals surface area contributed by atoms with Crippen LogP contribution in [0.15, 0.2) is 60.9 Å². The van der Waals surface area contributed by atoms with Gasteiger partial charge in [0, 0.05) is 24.5 Å². The number of hydrogen-bond acceptors (Lipinski definition) is 6. The first-order valence-corrected chi connectivity index (χ1v) is 12.4. The molecule has 39 heavy (non-hydrogen) atoms. The van der Waals surface area contributed by atoms with Gasteiger partial charge in [0.1, 0.15) is 12.1 Å². The van der Waals surface area contributed by atoms with Gasteiger partial charge in [-0.15, -0.1) is 0 Å². The summed E-state index contributed by atoms with van der Waals surface area (Å²) in [6, 6.07) is 14.2. The maximum atomic E-state index is 13.5. The molecule has 0 radical (unpaired) electrons. The second kappa shape index (κ2) is 11.3. The molecule has 0 atom stereocenters. The third-order valence-electron chi connectivity index (χ3n) is 6.56. The number of nitrogens with two attached hydrogens (primary N) is 1. The molecule has 4 aromatic rings. The molecule has 0 spiro atoms. The number of nitrogens with zero attached hydrogens (tertiary/aromatic N) is 4. The second-order valence-electron chi connectivity index (χ2n) is 9.78. The molecule has 204 valence electrons. The molecule has 0 aliphatic carbocycles. The van der Waals surface area contributed by atoms with Crippen molar-refractivity contribution in [2.75, 3.05) is 50.2 Å². The molecule has 3 N–H and O–H groups in total. The molecule has 7 nitrogen and oxygen atoms in total. The van der Waals surface area contributed by atoms with Crippen molar-refractivity contribution in [1.29, 1.82) is 0 Å². The molecule has 10 heteroatoms. The Labute approximate surface area is 225 Å². The molecule has 0 aliphatic rings. The van der Waals surface area contributed by atoms with Gasteiger partial charge in [0.15, 0.2) is 0 Å². The monoisotopic (exact) mass is 536 g/mol. The molecular weight excluding hydrogens is 505 g/mol. The van der Waals surface area contributed by atoms with E-state index < -0.39 is 17.6 Å². The lowest BCUT2D eigenvalue weighted by molar-refractivity contribution is -0.137. The minimum atomic E-state index is -4.54. The van der Waals surface area contributed by atoms with Crippen LogP contribution < -0.4 is 16.0 Å². The summed E-state index contributed by atoms with van der Waals surface area (Å²) in [5.74, 6) is -0.165. The van der Waals surface area contributed by atoms with Crippen molar-refractivity contribution in [2.45, 2.75) is 19.5 Å². The highest BCUT2D eigenvalue weighted by atomic mass is 19.4. The highest BCUT2D eigenvalue weighted by Crippen LogP contribution is 2.36. The van der Waals surface area contributed by atoms with Gasteiger partial charge >= 0.3 is 6.18 Å². The molecule has 0 bridgehead atoms. The normalized spacial score (nSPS) is 11.7. The quantitative estimate of drug-likeness (QED) is 0.294. The summed E-state index contributed by atoms with van der Waals surface area (Å²) in [6.45, 7) is 3.35. The van der Waals surface area contributed by atoms with Crippen LogP contribution in [0.5, 0.6) is 0 Å². The topological polar surface area (TPSA) is 87.4 Å². The number of alkyl halides is 3. The van der Waals surface area contributed by atoms with Crippen molar-refractivity contribution in [3.63, 3.8) is 0 Å². The Morgan fingerprint density at radius 3 is 2.46 bits per heavy atom. The van der Waals surface area contributed by atoms with E-state index >= 15 is 0 Å². The number of aryl methyl sites for hydroxylation is 1. The minimum Gasteiger partial charge on any atom is -0.383 e. The van der Waals surface area contributed by atoms with E-state index in [4.69, 9.17) is 5.73 Å². The molecule has 3 aromatic carbocycles. The van der Waals surface area contributed by atoms with Crippen LogP contribution >= 0.6 is 0 Å². The van der Waals surface area contributed by atoms with Crippen molar-refractivity contribution in [2.24, 2.45) is 0 Å². The minimum absolute atomic E-state index is 0.0972. The van der Waals surface area contributed by atoms with E-state index in [-0.39, 0.29) is 5.69 Å². The van der Waals surface area contributed by atoms with Crippen LogP contribution in [0.25, 0.3) is 22.0 Å². The highest BCUT2D eigenvalue weighted by Gasteiger charge is 2.31. The Bertz CT molecular complexity index is 1500. The van der Waals surface area contributed by atoms with Crippen LogP contribution in [0.3, 0.4) is 0 Å². The van der Waals surface area contributed by atoms with Crippen molar-refractivity contribution < 1.29 is 18.0 Å². The van der Waals surface area contributed by atoms with E-state index in [1.165, 1.54) is 12.4 Å². The zero-order valence-corrected chi connectivity index (χ0v) is 22.3. The fourth-order valence-electron chi connectivity index (χ4n) is 4.40. The molecule has 1 heterocycles. The zero-order chi connectivity index (χ0) is 28.3. The van der Waals surface area contributed by atoms with Gasteiger partial charge in [-0.3, -0.25) is 4.79 Å². The summed E-state index contributed by atoms with van der Waals surface area (Å²) in [6.07, 6.45) is -2.34. The lowest BCUT2D eigenvalue weighted by atomic mass is 9.96. The van der Waals surface area contributed by atoms with Gasteiger partial charge in [0.25, 0.3) is 5.91 Å². The van der Waals surface area contributed by atoms with E-state index in [0.717, 1.165) is 41.8 Å². The Hall–Kier alpha value is -4.18. The van der Waals surface area contributed by atoms with Crippen molar-refractivity contribution in [3.05, 3.63) is 77.6 Å². The average molecular weight is 537 g/mol. The number of nitrogens with one attached hydrogen (secondary N) is 1. The predicted molar refractivity (Wildman–Crippen MR) is 150 cm³/mol. The summed E-state index contributed by atoms with van der Waals surface area (Å²) in [5.41, 5.74) is 9.34. The van der Waals surface area contributed by atoms with E-state index in [9.17, 15) is 18.0 Å². The predicted octanol–water partition coefficient (Wildman–Crippen LogP) is 5.85. The number of rotatable bonds is 8. The van der Waals surface area contributed by atoms with E-state index in [1.807, 2.05) is 49.0 Å². The number of anilines is 3. The number of aromatic nitrogens is 2. The number of nitrogen functional groups attached to an aromatic ring is 1. The zero-order valence-electron chi connectivity index (χ0n) is 22.3. The molecule has 0 fully saturated rings. The third kappa shape index (κ3) is 6.46. The summed E-state index contributed by atoms with van der Waals surface area (Å²) in [4.78, 5) is 25.5. The van der Waals surface area contributed by atoms with Crippen LogP contribution in [-0.2, 0) is 6.18 Å². The first kappa shape index (κ1) is 27.8. The highest BCUT2D eigenvalue weighted by molar-refractivity contribution is 6.07. The summed E-state index contributed by atoms with van der Waals surface area (Å²) < 4.78 is 40.6. The number of carbonyl (C=O) groups excluding carboxylic acids is 1. The maximum Gasteiger partial charge on any atom is 0.416 e. The Balaban J connectivity index is 1.66. The van der Waals surface area contributed by atoms with E-state index in [1.54, 1.807) is 25.2 Å². The largest absolute Gasteiger partial charge is 0.416 e. The van der Waals surface area contributed by atoms with E-state index in [0.29, 0.717) is 34.5 Å². The first-order chi connectivity index (χ1) is 18.4. The molecular formula is C29H31F3N6O. The molecule has 4 rings (SSSR count). The maximum absolute atomic E-state index is 13.5. The van der Waals surface area contributed by atoms with Gasteiger partial charge in [-0.05, 0) is 93.1 Å². The van der Waals surface area contributed by atoms with Gasteiger partial charge in [-0.2, -0.15) is 13.2 Å². The molecule has 0 aliphatic heterocycles. The first-order valence-electron chi connectivity index (χ1n) is 12.4. The second-order valence-corrected chi connectivity index (χ2v) is 9.78. The molecule has 1 amide bonds. The third-order valence-corrected chi connectivity index (χ3v) is 6.56. The lowest BCUT2D eigenvalue weighted by Crippen LogP contribution is -2.25. The number of amides is 1. The summed E-state index contributed by atoms with van der Waals surface area (Å²) in [7, 11) is 5.72. The Morgan fingerprint density at radius 2 is 1.74 bits per heavy atom. The number of benzene rings is 3. The van der Waals surface area contributed by atoms with Gasteiger partial charge in [0.2, 0.25) is 0 Å². The Kier molecular flexibility index (Phi) is 8.06. The summed E-state index contributed by atoms with van der Waals surface area (Å²) in [5, 5.41) is 3.42. The van der Waals surface area contributed by atoms with Crippen LogP contribution in [0.4, 0.5) is 30.4 Å².